The summed E-state index contributed by atoms with van der Waals surface area (Å²) in [5.74, 6) is -0.728. The minimum absolute atomic E-state index is 0.0618. The van der Waals surface area contributed by atoms with Gasteiger partial charge in [-0.25, -0.2) is 4.79 Å². The molecule has 0 radical (unpaired) electrons. The Hall–Kier alpha value is -1.98. The SMILES string of the molecule is CC1(C)O[C@@H]2[C@H](O1)[C@@H](CO)O[C@H]2n1ccc2c(OC(=O)NC3CCCC3)nc(Cl)nc21. The molecule has 2 aromatic rings. The second kappa shape index (κ2) is 7.86. The van der Waals surface area contributed by atoms with Crippen LogP contribution < -0.4 is 10.1 Å². The highest BCUT2D eigenvalue weighted by Crippen LogP contribution is 2.44. The monoisotopic (exact) mass is 452 g/mol. The average Bonchev–Trinajstić information content (AvgIpc) is 3.45. The molecular weight excluding hydrogens is 428 g/mol. The van der Waals surface area contributed by atoms with Crippen LogP contribution in [-0.4, -0.2) is 62.5 Å². The van der Waals surface area contributed by atoms with Gasteiger partial charge in [-0.3, -0.25) is 0 Å². The number of carbonyl (C=O) groups excluding carboxylic acids is 1. The van der Waals surface area contributed by atoms with Crippen LogP contribution in [0.1, 0.15) is 45.8 Å². The summed E-state index contributed by atoms with van der Waals surface area (Å²) >= 11 is 6.14. The first kappa shape index (κ1) is 20.9. The zero-order chi connectivity index (χ0) is 21.8. The molecule has 1 saturated carbocycles. The Morgan fingerprint density at radius 1 is 1.32 bits per heavy atom. The summed E-state index contributed by atoms with van der Waals surface area (Å²) in [5, 5.41) is 13.1. The topological polar surface area (TPSA) is 117 Å². The van der Waals surface area contributed by atoms with Crippen LogP contribution in [0.3, 0.4) is 0 Å². The van der Waals surface area contributed by atoms with E-state index in [-0.39, 0.29) is 23.8 Å². The number of aliphatic hydroxyl groups is 1. The van der Waals surface area contributed by atoms with Crippen LogP contribution in [0.5, 0.6) is 5.88 Å². The van der Waals surface area contributed by atoms with Crippen molar-refractivity contribution >= 4 is 28.7 Å². The fourth-order valence-corrected chi connectivity index (χ4v) is 4.80. The van der Waals surface area contributed by atoms with Gasteiger partial charge in [0.15, 0.2) is 17.7 Å². The van der Waals surface area contributed by atoms with Crippen LogP contribution in [0.2, 0.25) is 5.28 Å². The summed E-state index contributed by atoms with van der Waals surface area (Å²) < 4.78 is 25.2. The molecule has 2 N–H and O–H groups in total. The van der Waals surface area contributed by atoms with Crippen molar-refractivity contribution in [2.75, 3.05) is 6.61 Å². The largest absolute Gasteiger partial charge is 0.414 e. The van der Waals surface area contributed by atoms with Crippen molar-refractivity contribution in [3.63, 3.8) is 0 Å². The number of nitrogens with zero attached hydrogens (tertiary/aromatic N) is 3. The fourth-order valence-electron chi connectivity index (χ4n) is 4.65. The maximum absolute atomic E-state index is 12.4. The maximum Gasteiger partial charge on any atom is 0.414 e. The summed E-state index contributed by atoms with van der Waals surface area (Å²) in [6.07, 6.45) is 3.23. The maximum atomic E-state index is 12.4. The van der Waals surface area contributed by atoms with E-state index in [9.17, 15) is 9.90 Å². The Morgan fingerprint density at radius 2 is 2.06 bits per heavy atom. The second-order valence-corrected chi connectivity index (χ2v) is 8.92. The van der Waals surface area contributed by atoms with Gasteiger partial charge in [0.1, 0.15) is 18.3 Å². The van der Waals surface area contributed by atoms with Gasteiger partial charge < -0.3 is 33.9 Å². The van der Waals surface area contributed by atoms with Crippen LogP contribution >= 0.6 is 11.6 Å². The predicted octanol–water partition coefficient (Wildman–Crippen LogP) is 2.53. The number of rotatable bonds is 4. The Bertz CT molecular complexity index is 991. The molecule has 1 amide bonds. The minimum Gasteiger partial charge on any atom is -0.394 e. The number of halogens is 1. The smallest absolute Gasteiger partial charge is 0.394 e. The zero-order valence-corrected chi connectivity index (χ0v) is 18.0. The van der Waals surface area contributed by atoms with Crippen molar-refractivity contribution < 1.29 is 28.8 Å². The molecule has 2 aliphatic heterocycles. The van der Waals surface area contributed by atoms with Crippen molar-refractivity contribution in [3.05, 3.63) is 17.5 Å². The number of fused-ring (bicyclic) bond motifs is 2. The van der Waals surface area contributed by atoms with Crippen molar-refractivity contribution in [1.82, 2.24) is 19.9 Å². The molecule has 10 nitrogen and oxygen atoms in total. The van der Waals surface area contributed by atoms with Gasteiger partial charge in [0, 0.05) is 12.2 Å². The number of aromatic nitrogens is 3. The predicted molar refractivity (Wildman–Crippen MR) is 109 cm³/mol. The third kappa shape index (κ3) is 3.87. The van der Waals surface area contributed by atoms with Crippen LogP contribution in [0, 0.1) is 0 Å². The Balaban J connectivity index is 1.44. The van der Waals surface area contributed by atoms with E-state index in [0.717, 1.165) is 25.7 Å². The van der Waals surface area contributed by atoms with Crippen LogP contribution in [0.25, 0.3) is 11.0 Å². The lowest BCUT2D eigenvalue weighted by molar-refractivity contribution is -0.199. The third-order valence-electron chi connectivity index (χ3n) is 5.96. The first-order valence-electron chi connectivity index (χ1n) is 10.5. The van der Waals surface area contributed by atoms with Crippen LogP contribution in [-0.2, 0) is 14.2 Å². The summed E-state index contributed by atoms with van der Waals surface area (Å²) in [6, 6.07) is 1.85. The average molecular weight is 453 g/mol. The molecule has 31 heavy (non-hydrogen) atoms. The standard InChI is InChI=1S/C20H25ClN4O6/c1-20(2)30-13-12(9-26)28-17(14(13)31-20)25-8-7-11-15(25)23-18(21)24-16(11)29-19(27)22-10-5-3-4-6-10/h7-8,10,12-14,17,26H,3-6,9H2,1-2H3,(H,22,27)/t12-,13-,14-,17-/m1/s1. The van der Waals surface area contributed by atoms with Crippen molar-refractivity contribution in [1.29, 1.82) is 0 Å². The summed E-state index contributed by atoms with van der Waals surface area (Å²) in [7, 11) is 0. The molecular formula is C20H25ClN4O6. The highest BCUT2D eigenvalue weighted by atomic mass is 35.5. The first-order valence-corrected chi connectivity index (χ1v) is 10.9. The Labute approximate surface area is 183 Å². The van der Waals surface area contributed by atoms with E-state index in [2.05, 4.69) is 15.3 Å². The van der Waals surface area contributed by atoms with E-state index in [0.29, 0.717) is 11.0 Å². The summed E-state index contributed by atoms with van der Waals surface area (Å²) in [6.45, 7) is 3.43. The van der Waals surface area contributed by atoms with Gasteiger partial charge in [-0.1, -0.05) is 12.8 Å². The normalized spacial score (nSPS) is 30.1. The number of carbonyl (C=O) groups is 1. The van der Waals surface area contributed by atoms with Gasteiger partial charge in [0.05, 0.1) is 12.0 Å². The Kier molecular flexibility index (Phi) is 5.30. The van der Waals surface area contributed by atoms with E-state index in [1.165, 1.54) is 0 Å². The van der Waals surface area contributed by atoms with Gasteiger partial charge in [-0.05, 0) is 44.4 Å². The Morgan fingerprint density at radius 3 is 2.81 bits per heavy atom. The summed E-state index contributed by atoms with van der Waals surface area (Å²) in [5.41, 5.74) is 0.430. The van der Waals surface area contributed by atoms with Crippen molar-refractivity contribution in [3.8, 4) is 5.88 Å². The molecule has 2 aromatic heterocycles. The molecule has 3 fully saturated rings. The number of amides is 1. The lowest BCUT2D eigenvalue weighted by atomic mass is 10.1. The third-order valence-corrected chi connectivity index (χ3v) is 6.12. The molecule has 4 heterocycles. The summed E-state index contributed by atoms with van der Waals surface area (Å²) in [4.78, 5) is 20.8. The molecule has 4 atom stereocenters. The number of hydrogen-bond acceptors (Lipinski definition) is 8. The van der Waals surface area contributed by atoms with E-state index in [4.69, 9.17) is 30.5 Å². The van der Waals surface area contributed by atoms with Gasteiger partial charge >= 0.3 is 6.09 Å². The van der Waals surface area contributed by atoms with Gasteiger partial charge in [0.2, 0.25) is 11.2 Å². The van der Waals surface area contributed by atoms with Crippen LogP contribution in [0.4, 0.5) is 4.79 Å². The van der Waals surface area contributed by atoms with E-state index < -0.39 is 36.4 Å². The molecule has 2 saturated heterocycles. The highest BCUT2D eigenvalue weighted by molar-refractivity contribution is 6.28. The molecule has 0 unspecified atom stereocenters. The van der Waals surface area contributed by atoms with E-state index in [1.54, 1.807) is 16.8 Å². The molecule has 0 spiro atoms. The quantitative estimate of drug-likeness (QED) is 0.679. The number of ether oxygens (including phenoxy) is 4. The fraction of sp³-hybridized carbons (Fsp3) is 0.650. The molecule has 1 aliphatic carbocycles. The number of hydrogen-bond donors (Lipinski definition) is 2. The molecule has 0 aromatic carbocycles. The molecule has 168 valence electrons. The van der Waals surface area contributed by atoms with Gasteiger partial charge in [-0.15, -0.1) is 0 Å². The lowest BCUT2D eigenvalue weighted by Gasteiger charge is -2.24. The van der Waals surface area contributed by atoms with Crippen LogP contribution in [0.15, 0.2) is 12.3 Å². The van der Waals surface area contributed by atoms with E-state index >= 15 is 0 Å². The van der Waals surface area contributed by atoms with Crippen molar-refractivity contribution in [2.24, 2.45) is 0 Å². The molecule has 3 aliphatic rings. The minimum atomic E-state index is -0.799. The first-order chi connectivity index (χ1) is 14.8. The zero-order valence-electron chi connectivity index (χ0n) is 17.3. The number of aliphatic hydroxyl groups excluding tert-OH is 1. The van der Waals surface area contributed by atoms with Crippen molar-refractivity contribution in [2.45, 2.75) is 75.9 Å². The van der Waals surface area contributed by atoms with Gasteiger partial charge in [0.25, 0.3) is 0 Å². The van der Waals surface area contributed by atoms with Gasteiger partial charge in [-0.2, -0.15) is 9.97 Å². The highest BCUT2D eigenvalue weighted by Gasteiger charge is 2.55. The van der Waals surface area contributed by atoms with E-state index in [1.807, 2.05) is 13.8 Å². The molecule has 11 heteroatoms. The molecule has 0 bridgehead atoms. The lowest BCUT2D eigenvalue weighted by Crippen LogP contribution is -2.35. The second-order valence-electron chi connectivity index (χ2n) is 8.59. The number of nitrogens with one attached hydrogen (secondary N) is 1. The molecule has 5 rings (SSSR count).